The minimum absolute atomic E-state index is 0.0775. The standard InChI is InChI=1S/C22H25NO6/c24-14-10-19(28-9-5-4-8-23-6-2-1-3-7-23)21-20(11-14)29-18-13-17(26)16(25)12-15(18)22(21)27/h10-13,24-26H,1-9H2. The van der Waals surface area contributed by atoms with Gasteiger partial charge in [0.05, 0.1) is 12.0 Å². The Morgan fingerprint density at radius 3 is 2.48 bits per heavy atom. The molecule has 4 rings (SSSR count). The maximum Gasteiger partial charge on any atom is 0.204 e. The fourth-order valence-corrected chi connectivity index (χ4v) is 3.87. The molecule has 0 bridgehead atoms. The van der Waals surface area contributed by atoms with E-state index >= 15 is 0 Å². The Morgan fingerprint density at radius 1 is 0.931 bits per heavy atom. The van der Waals surface area contributed by atoms with Crippen molar-refractivity contribution < 1.29 is 24.5 Å². The van der Waals surface area contributed by atoms with Crippen LogP contribution < -0.4 is 10.2 Å². The van der Waals surface area contributed by atoms with Crippen molar-refractivity contribution in [3.05, 3.63) is 34.5 Å². The molecule has 0 spiro atoms. The van der Waals surface area contributed by atoms with E-state index < -0.39 is 5.75 Å². The van der Waals surface area contributed by atoms with Gasteiger partial charge in [0.2, 0.25) is 5.43 Å². The molecule has 0 amide bonds. The highest BCUT2D eigenvalue weighted by atomic mass is 16.5. The lowest BCUT2D eigenvalue weighted by molar-refractivity contribution is 0.216. The van der Waals surface area contributed by atoms with Crippen LogP contribution >= 0.6 is 0 Å². The summed E-state index contributed by atoms with van der Waals surface area (Å²) in [6.07, 6.45) is 5.69. The highest BCUT2D eigenvalue weighted by Crippen LogP contribution is 2.34. The molecule has 0 saturated carbocycles. The summed E-state index contributed by atoms with van der Waals surface area (Å²) >= 11 is 0. The number of ether oxygens (including phenoxy) is 1. The molecule has 0 aliphatic carbocycles. The molecule has 0 radical (unpaired) electrons. The summed E-state index contributed by atoms with van der Waals surface area (Å²) in [7, 11) is 0. The zero-order chi connectivity index (χ0) is 20.4. The molecular formula is C22H25NO6. The van der Waals surface area contributed by atoms with Crippen LogP contribution in [-0.2, 0) is 0 Å². The molecule has 2 aromatic carbocycles. The number of aromatic hydroxyl groups is 3. The van der Waals surface area contributed by atoms with Gasteiger partial charge in [0.25, 0.3) is 0 Å². The number of unbranched alkanes of at least 4 members (excludes halogenated alkanes) is 1. The van der Waals surface area contributed by atoms with E-state index in [-0.39, 0.29) is 44.6 Å². The third-order valence-corrected chi connectivity index (χ3v) is 5.39. The van der Waals surface area contributed by atoms with Crippen LogP contribution in [0, 0.1) is 0 Å². The zero-order valence-corrected chi connectivity index (χ0v) is 16.2. The van der Waals surface area contributed by atoms with Crippen LogP contribution in [0.3, 0.4) is 0 Å². The molecule has 7 heteroatoms. The van der Waals surface area contributed by atoms with Crippen molar-refractivity contribution in [3.63, 3.8) is 0 Å². The highest BCUT2D eigenvalue weighted by Gasteiger charge is 2.16. The molecule has 3 N–H and O–H groups in total. The Bertz CT molecular complexity index is 1080. The maximum absolute atomic E-state index is 13.0. The molecule has 3 aromatic rings. The van der Waals surface area contributed by atoms with Crippen molar-refractivity contribution in [3.8, 4) is 23.0 Å². The Hall–Kier alpha value is -2.93. The molecule has 1 saturated heterocycles. The summed E-state index contributed by atoms with van der Waals surface area (Å²) in [6.45, 7) is 3.79. The summed E-state index contributed by atoms with van der Waals surface area (Å²) in [6, 6.07) is 5.08. The summed E-state index contributed by atoms with van der Waals surface area (Å²) < 4.78 is 11.5. The number of hydrogen-bond donors (Lipinski definition) is 3. The van der Waals surface area contributed by atoms with E-state index in [9.17, 15) is 20.1 Å². The van der Waals surface area contributed by atoms with Crippen LogP contribution in [0.15, 0.2) is 33.5 Å². The quantitative estimate of drug-likeness (QED) is 0.330. The Labute approximate surface area is 167 Å². The van der Waals surface area contributed by atoms with Gasteiger partial charge in [-0.15, -0.1) is 0 Å². The number of hydrogen-bond acceptors (Lipinski definition) is 7. The van der Waals surface area contributed by atoms with Gasteiger partial charge < -0.3 is 29.4 Å². The first-order chi connectivity index (χ1) is 14.0. The van der Waals surface area contributed by atoms with Crippen LogP contribution in [0.5, 0.6) is 23.0 Å². The van der Waals surface area contributed by atoms with Gasteiger partial charge in [-0.3, -0.25) is 4.79 Å². The lowest BCUT2D eigenvalue weighted by atomic mass is 10.1. The van der Waals surface area contributed by atoms with Gasteiger partial charge in [-0.2, -0.15) is 0 Å². The first kappa shape index (κ1) is 19.4. The average Bonchev–Trinajstić information content (AvgIpc) is 2.70. The Kier molecular flexibility index (Phi) is 5.49. The Morgan fingerprint density at radius 2 is 1.69 bits per heavy atom. The number of phenols is 3. The smallest absolute Gasteiger partial charge is 0.204 e. The van der Waals surface area contributed by atoms with Crippen LogP contribution in [-0.4, -0.2) is 46.5 Å². The van der Waals surface area contributed by atoms with Crippen molar-refractivity contribution >= 4 is 21.9 Å². The minimum atomic E-state index is -0.400. The molecule has 7 nitrogen and oxygen atoms in total. The second-order valence-electron chi connectivity index (χ2n) is 7.54. The van der Waals surface area contributed by atoms with Crippen molar-refractivity contribution in [1.82, 2.24) is 4.90 Å². The molecule has 1 aromatic heterocycles. The zero-order valence-electron chi connectivity index (χ0n) is 16.2. The molecule has 1 aliphatic heterocycles. The van der Waals surface area contributed by atoms with E-state index in [1.807, 2.05) is 0 Å². The molecule has 1 aliphatic rings. The van der Waals surface area contributed by atoms with Crippen molar-refractivity contribution in [2.24, 2.45) is 0 Å². The van der Waals surface area contributed by atoms with Gasteiger partial charge in [0.15, 0.2) is 11.5 Å². The molecule has 1 fully saturated rings. The summed E-state index contributed by atoms with van der Waals surface area (Å²) in [5.74, 6) is -0.610. The molecule has 0 unspecified atom stereocenters. The van der Waals surface area contributed by atoms with E-state index in [0.29, 0.717) is 6.61 Å². The summed E-state index contributed by atoms with van der Waals surface area (Å²) in [5.41, 5.74) is -0.105. The van der Waals surface area contributed by atoms with Gasteiger partial charge >= 0.3 is 0 Å². The third-order valence-electron chi connectivity index (χ3n) is 5.39. The van der Waals surface area contributed by atoms with Gasteiger partial charge in [-0.1, -0.05) is 6.42 Å². The summed E-state index contributed by atoms with van der Waals surface area (Å²) in [4.78, 5) is 15.4. The average molecular weight is 399 g/mol. The molecule has 154 valence electrons. The minimum Gasteiger partial charge on any atom is -0.508 e. The van der Waals surface area contributed by atoms with E-state index in [1.54, 1.807) is 0 Å². The van der Waals surface area contributed by atoms with Crippen LogP contribution in [0.4, 0.5) is 0 Å². The van der Waals surface area contributed by atoms with Gasteiger partial charge in [0.1, 0.15) is 28.1 Å². The largest absolute Gasteiger partial charge is 0.508 e. The predicted molar refractivity (Wildman–Crippen MR) is 110 cm³/mol. The monoisotopic (exact) mass is 399 g/mol. The number of fused-ring (bicyclic) bond motifs is 2. The first-order valence-electron chi connectivity index (χ1n) is 10.0. The normalized spacial score (nSPS) is 15.2. The van der Waals surface area contributed by atoms with Crippen LogP contribution in [0.2, 0.25) is 0 Å². The number of likely N-dealkylation sites (tertiary alicyclic amines) is 1. The highest BCUT2D eigenvalue weighted by molar-refractivity contribution is 5.95. The third kappa shape index (κ3) is 4.10. The van der Waals surface area contributed by atoms with E-state index in [1.165, 1.54) is 43.5 Å². The van der Waals surface area contributed by atoms with Gasteiger partial charge in [-0.25, -0.2) is 0 Å². The second-order valence-corrected chi connectivity index (χ2v) is 7.54. The number of nitrogens with zero attached hydrogens (tertiary/aromatic N) is 1. The van der Waals surface area contributed by atoms with Crippen LogP contribution in [0.1, 0.15) is 32.1 Å². The van der Waals surface area contributed by atoms with Crippen molar-refractivity contribution in [2.75, 3.05) is 26.2 Å². The van der Waals surface area contributed by atoms with E-state index in [4.69, 9.17) is 9.15 Å². The van der Waals surface area contributed by atoms with Gasteiger partial charge in [-0.05, 0) is 51.4 Å². The molecule has 0 atom stereocenters. The fourth-order valence-electron chi connectivity index (χ4n) is 3.87. The van der Waals surface area contributed by atoms with E-state index in [2.05, 4.69) is 4.90 Å². The number of piperidine rings is 1. The van der Waals surface area contributed by atoms with Crippen molar-refractivity contribution in [1.29, 1.82) is 0 Å². The van der Waals surface area contributed by atoms with E-state index in [0.717, 1.165) is 32.5 Å². The lowest BCUT2D eigenvalue weighted by Crippen LogP contribution is -2.30. The predicted octanol–water partition coefficient (Wildman–Crippen LogP) is 3.71. The fraction of sp³-hybridized carbons (Fsp3) is 0.409. The number of rotatable bonds is 6. The lowest BCUT2D eigenvalue weighted by Gasteiger charge is -2.26. The first-order valence-corrected chi connectivity index (χ1v) is 10.0. The number of phenolic OH excluding ortho intramolecular Hbond substituents is 3. The van der Waals surface area contributed by atoms with Crippen LogP contribution in [0.25, 0.3) is 21.9 Å². The molecular weight excluding hydrogens is 374 g/mol. The Balaban J connectivity index is 1.54. The molecule has 29 heavy (non-hydrogen) atoms. The maximum atomic E-state index is 13.0. The van der Waals surface area contributed by atoms with Gasteiger partial charge in [0, 0.05) is 18.2 Å². The second kappa shape index (κ2) is 8.21. The number of benzene rings is 2. The molecule has 2 heterocycles. The van der Waals surface area contributed by atoms with Crippen molar-refractivity contribution in [2.45, 2.75) is 32.1 Å². The topological polar surface area (TPSA) is 103 Å². The summed E-state index contributed by atoms with van der Waals surface area (Å²) in [5, 5.41) is 29.7. The SMILES string of the molecule is O=c1c2cc(O)c(O)cc2oc2cc(O)cc(OCCCCN3CCCCC3)c12.